The van der Waals surface area contributed by atoms with Crippen molar-refractivity contribution in [1.82, 2.24) is 8.75 Å². The molecule has 0 aliphatic rings. The summed E-state index contributed by atoms with van der Waals surface area (Å²) in [5, 5.41) is 3.19. The smallest absolute Gasteiger partial charge is 0.168 e. The van der Waals surface area contributed by atoms with Crippen LogP contribution in [0.25, 0.3) is 11.3 Å². The van der Waals surface area contributed by atoms with Gasteiger partial charge in [0, 0.05) is 12.1 Å². The van der Waals surface area contributed by atoms with E-state index in [1.165, 1.54) is 11.7 Å². The molecule has 0 aliphatic heterocycles. The first-order valence-corrected chi connectivity index (χ1v) is 5.79. The number of methoxy groups -OCH3 is 1. The fourth-order valence-electron chi connectivity index (χ4n) is 1.43. The molecule has 0 fully saturated rings. The van der Waals surface area contributed by atoms with Gasteiger partial charge in [-0.25, -0.2) is 0 Å². The van der Waals surface area contributed by atoms with Crippen molar-refractivity contribution in [1.29, 1.82) is 0 Å². The van der Waals surface area contributed by atoms with E-state index in [0.29, 0.717) is 0 Å². The lowest BCUT2D eigenvalue weighted by Gasteiger charge is -2.04. The summed E-state index contributed by atoms with van der Waals surface area (Å²) in [7, 11) is 1.66. The normalized spacial score (nSPS) is 10.1. The number of nitrogens with one attached hydrogen (secondary N) is 1. The Hall–Kier alpha value is -1.62. The zero-order valence-corrected chi connectivity index (χ0v) is 10.0. The molecule has 0 radical (unpaired) electrons. The van der Waals surface area contributed by atoms with Gasteiger partial charge < -0.3 is 10.1 Å². The molecule has 5 heteroatoms. The van der Waals surface area contributed by atoms with Crippen LogP contribution < -0.4 is 10.1 Å². The third kappa shape index (κ3) is 2.14. The van der Waals surface area contributed by atoms with Gasteiger partial charge in [0.25, 0.3) is 0 Å². The second-order valence-corrected chi connectivity index (χ2v) is 3.75. The van der Waals surface area contributed by atoms with E-state index in [1.54, 1.807) is 7.11 Å². The number of aromatic nitrogens is 2. The lowest BCUT2D eigenvalue weighted by Crippen LogP contribution is -1.98. The second kappa shape index (κ2) is 4.94. The van der Waals surface area contributed by atoms with E-state index in [9.17, 15) is 0 Å². The van der Waals surface area contributed by atoms with Crippen LogP contribution in [0.2, 0.25) is 0 Å². The largest absolute Gasteiger partial charge is 0.497 e. The van der Waals surface area contributed by atoms with Crippen molar-refractivity contribution in [3.63, 3.8) is 0 Å². The van der Waals surface area contributed by atoms with E-state index >= 15 is 0 Å². The molecule has 84 valence electrons. The molecule has 0 aliphatic carbocycles. The third-order valence-electron chi connectivity index (χ3n) is 2.18. The average Bonchev–Trinajstić information content (AvgIpc) is 2.78. The molecular formula is C11H13N3OS. The topological polar surface area (TPSA) is 47.0 Å². The molecule has 1 aromatic carbocycles. The first-order valence-electron chi connectivity index (χ1n) is 5.06. The molecule has 4 nitrogen and oxygen atoms in total. The standard InChI is InChI=1S/C11H13N3OS/c1-3-12-11-10(13-16-14-11)8-5-4-6-9(7-8)15-2/h4-7H,3H2,1-2H3,(H,12,14). The highest BCUT2D eigenvalue weighted by atomic mass is 32.1. The van der Waals surface area contributed by atoms with Crippen LogP contribution in [0.15, 0.2) is 24.3 Å². The Balaban J connectivity index is 2.37. The zero-order chi connectivity index (χ0) is 11.4. The average molecular weight is 235 g/mol. The molecule has 1 aromatic heterocycles. The Morgan fingerprint density at radius 1 is 1.38 bits per heavy atom. The molecule has 1 heterocycles. The van der Waals surface area contributed by atoms with Crippen LogP contribution in [0.3, 0.4) is 0 Å². The number of benzene rings is 1. The van der Waals surface area contributed by atoms with Crippen molar-refractivity contribution in [3.8, 4) is 17.0 Å². The molecule has 1 N–H and O–H groups in total. The summed E-state index contributed by atoms with van der Waals surface area (Å²) in [6.07, 6.45) is 0. The van der Waals surface area contributed by atoms with Crippen LogP contribution in [0, 0.1) is 0 Å². The van der Waals surface area contributed by atoms with Gasteiger partial charge in [0.1, 0.15) is 11.4 Å². The van der Waals surface area contributed by atoms with E-state index in [-0.39, 0.29) is 0 Å². The Kier molecular flexibility index (Phi) is 3.36. The van der Waals surface area contributed by atoms with E-state index in [1.807, 2.05) is 31.2 Å². The van der Waals surface area contributed by atoms with Crippen LogP contribution in [0.4, 0.5) is 5.82 Å². The van der Waals surface area contributed by atoms with Gasteiger partial charge in [0.05, 0.1) is 18.8 Å². The maximum absolute atomic E-state index is 5.19. The Bertz CT molecular complexity index is 470. The lowest BCUT2D eigenvalue weighted by molar-refractivity contribution is 0.415. The van der Waals surface area contributed by atoms with Crippen LogP contribution in [0.1, 0.15) is 6.92 Å². The van der Waals surface area contributed by atoms with Crippen molar-refractivity contribution in [2.75, 3.05) is 19.0 Å². The second-order valence-electron chi connectivity index (χ2n) is 3.22. The minimum absolute atomic E-state index is 0.827. The zero-order valence-electron chi connectivity index (χ0n) is 9.23. The van der Waals surface area contributed by atoms with E-state index in [4.69, 9.17) is 4.74 Å². The highest BCUT2D eigenvalue weighted by Gasteiger charge is 2.09. The van der Waals surface area contributed by atoms with Gasteiger partial charge in [-0.3, -0.25) is 0 Å². The predicted octanol–water partition coefficient (Wildman–Crippen LogP) is 2.65. The minimum atomic E-state index is 0.827. The molecule has 16 heavy (non-hydrogen) atoms. The molecule has 0 amide bonds. The van der Waals surface area contributed by atoms with Crippen LogP contribution in [-0.4, -0.2) is 22.4 Å². The minimum Gasteiger partial charge on any atom is -0.497 e. The van der Waals surface area contributed by atoms with E-state index in [2.05, 4.69) is 14.1 Å². The SMILES string of the molecule is CCNc1nsnc1-c1cccc(OC)c1. The summed E-state index contributed by atoms with van der Waals surface area (Å²) in [6.45, 7) is 2.87. The number of ether oxygens (including phenoxy) is 1. The Morgan fingerprint density at radius 3 is 3.00 bits per heavy atom. The highest BCUT2D eigenvalue weighted by Crippen LogP contribution is 2.28. The first kappa shape index (κ1) is 10.9. The lowest BCUT2D eigenvalue weighted by atomic mass is 10.1. The molecule has 2 aromatic rings. The molecule has 2 rings (SSSR count). The number of hydrogen-bond acceptors (Lipinski definition) is 5. The summed E-state index contributed by atoms with van der Waals surface area (Å²) in [4.78, 5) is 0. The van der Waals surface area contributed by atoms with Gasteiger partial charge in [-0.15, -0.1) is 0 Å². The molecular weight excluding hydrogens is 222 g/mol. The van der Waals surface area contributed by atoms with Crippen molar-refractivity contribution < 1.29 is 4.74 Å². The maximum atomic E-state index is 5.19. The number of nitrogens with zero attached hydrogens (tertiary/aromatic N) is 2. The fourth-order valence-corrected chi connectivity index (χ4v) is 1.98. The third-order valence-corrected chi connectivity index (χ3v) is 2.70. The summed E-state index contributed by atoms with van der Waals surface area (Å²) in [6, 6.07) is 7.82. The van der Waals surface area contributed by atoms with Crippen molar-refractivity contribution >= 4 is 17.5 Å². The van der Waals surface area contributed by atoms with Crippen molar-refractivity contribution in [2.24, 2.45) is 0 Å². The molecule has 0 unspecified atom stereocenters. The summed E-state index contributed by atoms with van der Waals surface area (Å²) in [5.41, 5.74) is 1.90. The Labute approximate surface area is 98.6 Å². The van der Waals surface area contributed by atoms with Crippen molar-refractivity contribution in [3.05, 3.63) is 24.3 Å². The van der Waals surface area contributed by atoms with Crippen LogP contribution >= 0.6 is 11.7 Å². The van der Waals surface area contributed by atoms with E-state index < -0.39 is 0 Å². The summed E-state index contributed by atoms with van der Waals surface area (Å²) >= 11 is 1.21. The summed E-state index contributed by atoms with van der Waals surface area (Å²) in [5.74, 6) is 1.66. The molecule has 0 bridgehead atoms. The van der Waals surface area contributed by atoms with E-state index in [0.717, 1.165) is 29.4 Å². The fraction of sp³-hybridized carbons (Fsp3) is 0.273. The maximum Gasteiger partial charge on any atom is 0.168 e. The van der Waals surface area contributed by atoms with Gasteiger partial charge in [0.15, 0.2) is 5.82 Å². The van der Waals surface area contributed by atoms with Gasteiger partial charge >= 0.3 is 0 Å². The van der Waals surface area contributed by atoms with Gasteiger partial charge in [-0.05, 0) is 19.1 Å². The quantitative estimate of drug-likeness (QED) is 0.885. The number of rotatable bonds is 4. The molecule has 0 spiro atoms. The molecule has 0 saturated heterocycles. The van der Waals surface area contributed by atoms with Gasteiger partial charge in [-0.1, -0.05) is 12.1 Å². The van der Waals surface area contributed by atoms with Gasteiger partial charge in [-0.2, -0.15) is 8.75 Å². The first-order chi connectivity index (χ1) is 7.85. The van der Waals surface area contributed by atoms with Crippen molar-refractivity contribution in [2.45, 2.75) is 6.92 Å². The monoisotopic (exact) mass is 235 g/mol. The van der Waals surface area contributed by atoms with Gasteiger partial charge in [0.2, 0.25) is 0 Å². The highest BCUT2D eigenvalue weighted by molar-refractivity contribution is 6.99. The Morgan fingerprint density at radius 2 is 2.25 bits per heavy atom. The van der Waals surface area contributed by atoms with Crippen LogP contribution in [-0.2, 0) is 0 Å². The number of hydrogen-bond donors (Lipinski definition) is 1. The van der Waals surface area contributed by atoms with Crippen LogP contribution in [0.5, 0.6) is 5.75 Å². The summed E-state index contributed by atoms with van der Waals surface area (Å²) < 4.78 is 13.7. The predicted molar refractivity (Wildman–Crippen MR) is 66.1 cm³/mol. The molecule has 0 saturated carbocycles. The number of anilines is 1. The molecule has 0 atom stereocenters.